The zero-order chi connectivity index (χ0) is 18.9. The van der Waals surface area contributed by atoms with Crippen molar-refractivity contribution in [2.24, 2.45) is 5.92 Å². The lowest BCUT2D eigenvalue weighted by molar-refractivity contribution is -0.137. The lowest BCUT2D eigenvalue weighted by Gasteiger charge is -2.39. The van der Waals surface area contributed by atoms with Crippen LogP contribution in [-0.2, 0) is 22.6 Å². The van der Waals surface area contributed by atoms with Crippen molar-refractivity contribution in [1.29, 1.82) is 0 Å². The first kappa shape index (κ1) is 17.4. The number of aromatic amines is 1. The number of rotatable bonds is 8. The van der Waals surface area contributed by atoms with Crippen molar-refractivity contribution < 1.29 is 9.53 Å². The van der Waals surface area contributed by atoms with Gasteiger partial charge in [0.2, 0.25) is 5.91 Å². The van der Waals surface area contributed by atoms with E-state index in [1.165, 1.54) is 23.8 Å². The standard InChI is InChI=1S/C21H25N5O2/c27-21(8-7-16-9-22-20-4-2-1-3-19(16)20)25-11-18(12-25)26-10-17(23-24-26)14-28-13-15-5-6-15/h1-4,9-10,15,18,22H,5-8,11-14H2. The number of carbonyl (C=O) groups excluding carboxylic acids is 1. The summed E-state index contributed by atoms with van der Waals surface area (Å²) in [6.45, 7) is 2.77. The van der Waals surface area contributed by atoms with Gasteiger partial charge in [-0.25, -0.2) is 4.68 Å². The van der Waals surface area contributed by atoms with Crippen LogP contribution < -0.4 is 0 Å². The number of aryl methyl sites for hydroxylation is 1. The fourth-order valence-corrected chi connectivity index (χ4v) is 3.74. The number of likely N-dealkylation sites (tertiary alicyclic amines) is 1. The number of nitrogens with one attached hydrogen (secondary N) is 1. The fraction of sp³-hybridized carbons (Fsp3) is 0.476. The minimum Gasteiger partial charge on any atom is -0.375 e. The summed E-state index contributed by atoms with van der Waals surface area (Å²) in [7, 11) is 0. The summed E-state index contributed by atoms with van der Waals surface area (Å²) in [5, 5.41) is 9.60. The van der Waals surface area contributed by atoms with Gasteiger partial charge in [-0.05, 0) is 36.8 Å². The van der Waals surface area contributed by atoms with Crippen LogP contribution in [0, 0.1) is 5.92 Å². The number of H-pyrrole nitrogens is 1. The minimum absolute atomic E-state index is 0.203. The molecule has 0 unspecified atom stereocenters. The first-order valence-corrected chi connectivity index (χ1v) is 10.1. The molecule has 7 nitrogen and oxygen atoms in total. The SMILES string of the molecule is O=C(CCc1c[nH]c2ccccc12)N1CC(n2cc(COCC3CC3)nn2)C1. The molecule has 0 radical (unpaired) electrons. The highest BCUT2D eigenvalue weighted by atomic mass is 16.5. The van der Waals surface area contributed by atoms with Gasteiger partial charge in [0, 0.05) is 43.2 Å². The second kappa shape index (κ2) is 7.39. The van der Waals surface area contributed by atoms with E-state index in [4.69, 9.17) is 4.74 Å². The molecule has 1 N–H and O–H groups in total. The Labute approximate surface area is 163 Å². The third kappa shape index (κ3) is 3.67. The molecule has 3 heterocycles. The molecule has 2 fully saturated rings. The van der Waals surface area contributed by atoms with E-state index in [0.717, 1.165) is 30.2 Å². The van der Waals surface area contributed by atoms with Gasteiger partial charge in [0.05, 0.1) is 18.8 Å². The summed E-state index contributed by atoms with van der Waals surface area (Å²) in [4.78, 5) is 17.7. The van der Waals surface area contributed by atoms with Crippen LogP contribution in [0.25, 0.3) is 10.9 Å². The van der Waals surface area contributed by atoms with Crippen molar-refractivity contribution in [3.63, 3.8) is 0 Å². The Hall–Kier alpha value is -2.67. The maximum atomic E-state index is 12.5. The van der Waals surface area contributed by atoms with Gasteiger partial charge in [-0.3, -0.25) is 4.79 Å². The summed E-state index contributed by atoms with van der Waals surface area (Å²) in [5.41, 5.74) is 3.19. The first-order chi connectivity index (χ1) is 13.8. The molecule has 5 rings (SSSR count). The summed E-state index contributed by atoms with van der Waals surface area (Å²) in [6, 6.07) is 8.43. The van der Waals surface area contributed by atoms with Crippen LogP contribution in [0.4, 0.5) is 0 Å². The number of ether oxygens (including phenoxy) is 1. The quantitative estimate of drug-likeness (QED) is 0.653. The molecule has 146 valence electrons. The smallest absolute Gasteiger partial charge is 0.223 e. The van der Waals surface area contributed by atoms with Gasteiger partial charge in [0.1, 0.15) is 5.69 Å². The highest BCUT2D eigenvalue weighted by Gasteiger charge is 2.32. The van der Waals surface area contributed by atoms with Crippen LogP contribution in [0.5, 0.6) is 0 Å². The number of para-hydroxylation sites is 1. The molecule has 3 aromatic rings. The number of carbonyl (C=O) groups is 1. The molecule has 1 aromatic carbocycles. The highest BCUT2D eigenvalue weighted by molar-refractivity contribution is 5.84. The van der Waals surface area contributed by atoms with Crippen molar-refractivity contribution in [2.75, 3.05) is 19.7 Å². The summed E-state index contributed by atoms with van der Waals surface area (Å²) in [5.74, 6) is 0.958. The van der Waals surface area contributed by atoms with Crippen molar-refractivity contribution in [1.82, 2.24) is 24.9 Å². The molecular formula is C21H25N5O2. The number of hydrogen-bond acceptors (Lipinski definition) is 4. The first-order valence-electron chi connectivity index (χ1n) is 10.1. The van der Waals surface area contributed by atoms with E-state index in [0.29, 0.717) is 26.1 Å². The zero-order valence-electron chi connectivity index (χ0n) is 15.9. The molecule has 0 spiro atoms. The average molecular weight is 379 g/mol. The topological polar surface area (TPSA) is 76.0 Å². The Morgan fingerprint density at radius 1 is 1.25 bits per heavy atom. The van der Waals surface area contributed by atoms with Crippen LogP contribution in [-0.4, -0.2) is 50.5 Å². The van der Waals surface area contributed by atoms with E-state index in [1.807, 2.05) is 34.1 Å². The van der Waals surface area contributed by atoms with Gasteiger partial charge in [0.15, 0.2) is 0 Å². The predicted octanol–water partition coefficient (Wildman–Crippen LogP) is 2.70. The largest absolute Gasteiger partial charge is 0.375 e. The van der Waals surface area contributed by atoms with E-state index < -0.39 is 0 Å². The average Bonchev–Trinajstić information content (AvgIpc) is 3.22. The van der Waals surface area contributed by atoms with Crippen LogP contribution in [0.3, 0.4) is 0 Å². The van der Waals surface area contributed by atoms with Gasteiger partial charge < -0.3 is 14.6 Å². The van der Waals surface area contributed by atoms with Gasteiger partial charge in [-0.15, -0.1) is 5.10 Å². The van der Waals surface area contributed by atoms with Crippen LogP contribution in [0.2, 0.25) is 0 Å². The Morgan fingerprint density at radius 3 is 2.96 bits per heavy atom. The molecule has 1 amide bonds. The van der Waals surface area contributed by atoms with E-state index in [1.54, 1.807) is 0 Å². The second-order valence-electron chi connectivity index (χ2n) is 7.96. The molecule has 1 aliphatic heterocycles. The summed E-state index contributed by atoms with van der Waals surface area (Å²) < 4.78 is 7.54. The van der Waals surface area contributed by atoms with Gasteiger partial charge in [-0.2, -0.15) is 0 Å². The number of fused-ring (bicyclic) bond motifs is 1. The molecule has 7 heteroatoms. The van der Waals surface area contributed by atoms with Crippen molar-refractivity contribution in [3.8, 4) is 0 Å². The molecule has 0 bridgehead atoms. The van der Waals surface area contributed by atoms with E-state index in [2.05, 4.69) is 27.4 Å². The predicted molar refractivity (Wildman–Crippen MR) is 105 cm³/mol. The number of amides is 1. The lowest BCUT2D eigenvalue weighted by atomic mass is 10.1. The Balaban J connectivity index is 1.08. The van der Waals surface area contributed by atoms with E-state index in [-0.39, 0.29) is 11.9 Å². The van der Waals surface area contributed by atoms with Crippen molar-refractivity contribution in [3.05, 3.63) is 47.9 Å². The van der Waals surface area contributed by atoms with Crippen molar-refractivity contribution in [2.45, 2.75) is 38.3 Å². The van der Waals surface area contributed by atoms with Gasteiger partial charge in [-0.1, -0.05) is 23.4 Å². The van der Waals surface area contributed by atoms with Crippen LogP contribution in [0.1, 0.15) is 36.6 Å². The van der Waals surface area contributed by atoms with Gasteiger partial charge in [0.25, 0.3) is 0 Å². The number of hydrogen-bond donors (Lipinski definition) is 1. The molecule has 0 atom stereocenters. The summed E-state index contributed by atoms with van der Waals surface area (Å²) in [6.07, 6.45) is 7.84. The number of benzene rings is 1. The summed E-state index contributed by atoms with van der Waals surface area (Å²) >= 11 is 0. The Morgan fingerprint density at radius 2 is 2.11 bits per heavy atom. The molecule has 1 aliphatic carbocycles. The molecule has 2 aromatic heterocycles. The lowest BCUT2D eigenvalue weighted by Crippen LogP contribution is -2.51. The van der Waals surface area contributed by atoms with Crippen LogP contribution >= 0.6 is 0 Å². The molecule has 28 heavy (non-hydrogen) atoms. The number of aromatic nitrogens is 4. The Bertz CT molecular complexity index is 968. The maximum Gasteiger partial charge on any atom is 0.223 e. The third-order valence-electron chi connectivity index (χ3n) is 5.73. The third-order valence-corrected chi connectivity index (χ3v) is 5.73. The molecule has 1 saturated heterocycles. The van der Waals surface area contributed by atoms with Gasteiger partial charge >= 0.3 is 0 Å². The normalized spacial score (nSPS) is 17.2. The van der Waals surface area contributed by atoms with Crippen molar-refractivity contribution >= 4 is 16.8 Å². The number of nitrogens with zero attached hydrogens (tertiary/aromatic N) is 4. The molecular weight excluding hydrogens is 354 g/mol. The second-order valence-corrected chi connectivity index (χ2v) is 7.96. The Kier molecular flexibility index (Phi) is 4.60. The monoisotopic (exact) mass is 379 g/mol. The molecule has 2 aliphatic rings. The molecule has 1 saturated carbocycles. The maximum absolute atomic E-state index is 12.5. The fourth-order valence-electron chi connectivity index (χ4n) is 3.74. The highest BCUT2D eigenvalue weighted by Crippen LogP contribution is 2.29. The van der Waals surface area contributed by atoms with E-state index >= 15 is 0 Å². The minimum atomic E-state index is 0.203. The zero-order valence-corrected chi connectivity index (χ0v) is 15.9. The van der Waals surface area contributed by atoms with E-state index in [9.17, 15) is 4.79 Å². The van der Waals surface area contributed by atoms with Crippen LogP contribution in [0.15, 0.2) is 36.7 Å².